The maximum atomic E-state index is 9.98. The Balaban J connectivity index is 0.00000320. The fraction of sp³-hybridized carbons (Fsp3) is 0.188. The van der Waals surface area contributed by atoms with Gasteiger partial charge in [0.2, 0.25) is 0 Å². The van der Waals surface area contributed by atoms with Crippen LogP contribution in [0.3, 0.4) is 0 Å². The summed E-state index contributed by atoms with van der Waals surface area (Å²) < 4.78 is 0. The molecule has 1 aliphatic rings. The molecule has 2 N–H and O–H groups in total. The van der Waals surface area contributed by atoms with Gasteiger partial charge in [-0.15, -0.1) is 0 Å². The van der Waals surface area contributed by atoms with E-state index in [1.807, 2.05) is 24.3 Å². The summed E-state index contributed by atoms with van der Waals surface area (Å²) in [6, 6.07) is 31.5. The van der Waals surface area contributed by atoms with Crippen molar-refractivity contribution < 1.29 is 29.7 Å². The summed E-state index contributed by atoms with van der Waals surface area (Å²) in [6.45, 7) is 0. The van der Waals surface area contributed by atoms with E-state index < -0.39 is 0 Å². The van der Waals surface area contributed by atoms with Gasteiger partial charge in [0.05, 0.1) is 11.4 Å². The monoisotopic (exact) mass is 538 g/mol. The normalized spacial score (nSPS) is 15.0. The fourth-order valence-corrected chi connectivity index (χ4v) is 5.11. The minimum atomic E-state index is -0.0157. The summed E-state index contributed by atoms with van der Waals surface area (Å²) in [5.41, 5.74) is 5.75. The summed E-state index contributed by atoms with van der Waals surface area (Å²) in [5, 5.41) is 20.0. The standard InChI is InChI=1S/C32H30N2O2.Zn/c35-30-10-4-2-8-24(30)22-33-28-16-12-26(13-17-28)32(20-6-1-7-21-32)27-14-18-29(19-15-27)34-23-25-9-3-5-11-31(25)36;/h2-5,8-19,22-23,35-36H,1,6-7,20-21H2;. The molecule has 0 amide bonds. The van der Waals surface area contributed by atoms with E-state index in [1.54, 1.807) is 36.7 Å². The smallest absolute Gasteiger partial charge is 0.124 e. The number of hydrogen-bond acceptors (Lipinski definition) is 4. The van der Waals surface area contributed by atoms with E-state index >= 15 is 0 Å². The summed E-state index contributed by atoms with van der Waals surface area (Å²) in [7, 11) is 0. The molecule has 4 aromatic rings. The number of nitrogens with zero attached hydrogens (tertiary/aromatic N) is 2. The van der Waals surface area contributed by atoms with Crippen molar-refractivity contribution in [2.75, 3.05) is 0 Å². The van der Waals surface area contributed by atoms with Crippen LogP contribution in [0.4, 0.5) is 11.4 Å². The van der Waals surface area contributed by atoms with Crippen molar-refractivity contribution in [3.63, 3.8) is 0 Å². The van der Waals surface area contributed by atoms with Crippen molar-refractivity contribution >= 4 is 23.8 Å². The first-order valence-corrected chi connectivity index (χ1v) is 12.5. The summed E-state index contributed by atoms with van der Waals surface area (Å²) in [6.07, 6.45) is 9.33. The number of benzene rings is 4. The maximum Gasteiger partial charge on any atom is 0.124 e. The van der Waals surface area contributed by atoms with Crippen molar-refractivity contribution in [3.8, 4) is 11.5 Å². The molecule has 0 bridgehead atoms. The van der Waals surface area contributed by atoms with E-state index in [1.165, 1.54) is 30.4 Å². The minimum Gasteiger partial charge on any atom is -0.507 e. The molecular formula is C32H30N2O2Zn. The second kappa shape index (κ2) is 12.1. The zero-order valence-electron chi connectivity index (χ0n) is 20.9. The molecule has 37 heavy (non-hydrogen) atoms. The first-order valence-electron chi connectivity index (χ1n) is 12.5. The molecule has 0 unspecified atom stereocenters. The quantitative estimate of drug-likeness (QED) is 0.193. The number of aromatic hydroxyl groups is 2. The molecule has 4 aromatic carbocycles. The summed E-state index contributed by atoms with van der Waals surface area (Å²) in [4.78, 5) is 9.13. The van der Waals surface area contributed by atoms with E-state index in [4.69, 9.17) is 0 Å². The van der Waals surface area contributed by atoms with Crippen molar-refractivity contribution in [2.45, 2.75) is 37.5 Å². The molecule has 0 aliphatic heterocycles. The molecule has 1 saturated carbocycles. The van der Waals surface area contributed by atoms with Crippen LogP contribution in [0.15, 0.2) is 107 Å². The number of para-hydroxylation sites is 2. The van der Waals surface area contributed by atoms with Crippen LogP contribution < -0.4 is 0 Å². The first kappa shape index (κ1) is 26.5. The van der Waals surface area contributed by atoms with Crippen LogP contribution in [0, 0.1) is 0 Å². The molecule has 1 aliphatic carbocycles. The van der Waals surface area contributed by atoms with E-state index in [0.29, 0.717) is 11.1 Å². The largest absolute Gasteiger partial charge is 0.507 e. The van der Waals surface area contributed by atoms with Crippen molar-refractivity contribution in [3.05, 3.63) is 119 Å². The SMILES string of the molecule is Oc1ccccc1C=Nc1ccc(C2(c3ccc(N=Cc4ccccc4O)cc3)CCCCC2)cc1.[Zn]. The Morgan fingerprint density at radius 3 is 1.35 bits per heavy atom. The predicted octanol–water partition coefficient (Wildman–Crippen LogP) is 7.85. The summed E-state index contributed by atoms with van der Waals surface area (Å²) >= 11 is 0. The Morgan fingerprint density at radius 2 is 0.946 bits per heavy atom. The Bertz CT molecular complexity index is 1270. The molecule has 0 heterocycles. The Hall–Kier alpha value is -3.56. The van der Waals surface area contributed by atoms with Gasteiger partial charge in [-0.25, -0.2) is 0 Å². The molecule has 0 radical (unpaired) electrons. The van der Waals surface area contributed by atoms with Crippen LogP contribution in [0.1, 0.15) is 54.4 Å². The van der Waals surface area contributed by atoms with E-state index in [0.717, 1.165) is 24.2 Å². The molecule has 1 fully saturated rings. The second-order valence-corrected chi connectivity index (χ2v) is 9.37. The minimum absolute atomic E-state index is 0. The first-order chi connectivity index (χ1) is 17.6. The van der Waals surface area contributed by atoms with Crippen molar-refractivity contribution in [1.82, 2.24) is 0 Å². The van der Waals surface area contributed by atoms with Gasteiger partial charge in [-0.1, -0.05) is 67.8 Å². The second-order valence-electron chi connectivity index (χ2n) is 9.37. The topological polar surface area (TPSA) is 65.2 Å². The van der Waals surface area contributed by atoms with Gasteiger partial charge in [-0.3, -0.25) is 9.98 Å². The third kappa shape index (κ3) is 6.06. The molecule has 5 heteroatoms. The van der Waals surface area contributed by atoms with Gasteiger partial charge in [-0.05, 0) is 72.5 Å². The molecule has 182 valence electrons. The van der Waals surface area contributed by atoms with Crippen LogP contribution in [0.2, 0.25) is 0 Å². The van der Waals surface area contributed by atoms with Gasteiger partial charge in [0.25, 0.3) is 0 Å². The molecule has 0 aromatic heterocycles. The number of phenolic OH excluding ortho intramolecular Hbond substituents is 2. The molecule has 0 atom stereocenters. The Morgan fingerprint density at radius 1 is 0.541 bits per heavy atom. The van der Waals surface area contributed by atoms with Gasteiger partial charge in [0.15, 0.2) is 0 Å². The van der Waals surface area contributed by atoms with Crippen molar-refractivity contribution in [1.29, 1.82) is 0 Å². The Labute approximate surface area is 231 Å². The van der Waals surface area contributed by atoms with Crippen LogP contribution >= 0.6 is 0 Å². The van der Waals surface area contributed by atoms with Gasteiger partial charge >= 0.3 is 0 Å². The predicted molar refractivity (Wildman–Crippen MR) is 147 cm³/mol. The summed E-state index contributed by atoms with van der Waals surface area (Å²) in [5.74, 6) is 0.458. The average Bonchev–Trinajstić information content (AvgIpc) is 2.93. The van der Waals surface area contributed by atoms with E-state index in [-0.39, 0.29) is 36.4 Å². The van der Waals surface area contributed by atoms with Gasteiger partial charge < -0.3 is 10.2 Å². The van der Waals surface area contributed by atoms with Gasteiger partial charge in [-0.2, -0.15) is 0 Å². The molecule has 0 spiro atoms. The molecule has 5 rings (SSSR count). The zero-order chi connectivity index (χ0) is 24.8. The molecule has 0 saturated heterocycles. The van der Waals surface area contributed by atoms with Gasteiger partial charge in [0.1, 0.15) is 11.5 Å². The number of rotatable bonds is 6. The van der Waals surface area contributed by atoms with Crippen molar-refractivity contribution in [2.24, 2.45) is 9.98 Å². The van der Waals surface area contributed by atoms with Gasteiger partial charge in [0, 0.05) is 48.4 Å². The van der Waals surface area contributed by atoms with E-state index in [2.05, 4.69) is 58.5 Å². The van der Waals surface area contributed by atoms with E-state index in [9.17, 15) is 10.2 Å². The van der Waals surface area contributed by atoms with Crippen LogP contribution in [-0.2, 0) is 24.9 Å². The molecule has 4 nitrogen and oxygen atoms in total. The zero-order valence-corrected chi connectivity index (χ0v) is 23.9. The average molecular weight is 540 g/mol. The maximum absolute atomic E-state index is 9.98. The molecular weight excluding hydrogens is 510 g/mol. The number of aliphatic imine (C=N–C) groups is 2. The van der Waals surface area contributed by atoms with Crippen LogP contribution in [-0.4, -0.2) is 22.6 Å². The number of phenols is 2. The fourth-order valence-electron chi connectivity index (χ4n) is 5.11. The van der Waals surface area contributed by atoms with Crippen LogP contribution in [0.5, 0.6) is 11.5 Å². The number of hydrogen-bond donors (Lipinski definition) is 2. The van der Waals surface area contributed by atoms with Crippen LogP contribution in [0.25, 0.3) is 0 Å². The third-order valence-electron chi connectivity index (χ3n) is 7.13. The third-order valence-corrected chi connectivity index (χ3v) is 7.13. The Kier molecular flexibility index (Phi) is 8.68.